The Morgan fingerprint density at radius 3 is 2.79 bits per heavy atom. The zero-order valence-corrected chi connectivity index (χ0v) is 10.5. The maximum atomic E-state index is 11.1. The van der Waals surface area contributed by atoms with Crippen molar-refractivity contribution in [3.05, 3.63) is 35.1 Å². The quantitative estimate of drug-likeness (QED) is 0.858. The number of halogens is 1. The summed E-state index contributed by atoms with van der Waals surface area (Å²) in [5.74, 6) is -1.84. The van der Waals surface area contributed by atoms with Gasteiger partial charge in [0.1, 0.15) is 0 Å². The summed E-state index contributed by atoms with van der Waals surface area (Å²) < 4.78 is 5.74. The van der Waals surface area contributed by atoms with Crippen molar-refractivity contribution in [2.24, 2.45) is 0 Å². The topological polar surface area (TPSA) is 94.3 Å². The summed E-state index contributed by atoms with van der Waals surface area (Å²) >= 11 is 5.93. The van der Waals surface area contributed by atoms with E-state index in [-0.39, 0.29) is 22.4 Å². The highest BCUT2D eigenvalue weighted by Crippen LogP contribution is 2.21. The third-order valence-corrected chi connectivity index (χ3v) is 2.39. The number of aromatic nitrogens is 3. The normalized spacial score (nSPS) is 10.2. The van der Waals surface area contributed by atoms with Crippen molar-refractivity contribution < 1.29 is 19.4 Å². The largest absolute Gasteiger partial charge is 0.477 e. The first-order valence-electron chi connectivity index (χ1n) is 5.11. The minimum atomic E-state index is -1.24. The molecule has 8 heteroatoms. The lowest BCUT2D eigenvalue weighted by Gasteiger charge is -2.04. The molecule has 98 valence electrons. The highest BCUT2D eigenvalue weighted by Gasteiger charge is 2.19. The molecule has 2 heterocycles. The van der Waals surface area contributed by atoms with Gasteiger partial charge in [-0.15, -0.1) is 5.10 Å². The molecule has 19 heavy (non-hydrogen) atoms. The second kappa shape index (κ2) is 5.07. The second-order valence-electron chi connectivity index (χ2n) is 3.49. The van der Waals surface area contributed by atoms with Crippen LogP contribution in [-0.4, -0.2) is 31.8 Å². The molecule has 0 aliphatic rings. The summed E-state index contributed by atoms with van der Waals surface area (Å²) in [6.07, 6.45) is 1.44. The molecule has 0 unspecified atom stereocenters. The predicted octanol–water partition coefficient (Wildman–Crippen LogP) is 1.54. The van der Waals surface area contributed by atoms with Crippen LogP contribution in [0.25, 0.3) is 5.82 Å². The van der Waals surface area contributed by atoms with Gasteiger partial charge >= 0.3 is 11.9 Å². The van der Waals surface area contributed by atoms with Crippen molar-refractivity contribution in [3.8, 4) is 11.7 Å². The number of carboxylic acids is 1. The van der Waals surface area contributed by atoms with E-state index in [1.807, 2.05) is 0 Å². The molecule has 0 aliphatic carbocycles. The van der Waals surface area contributed by atoms with E-state index in [0.717, 1.165) is 10.7 Å². The third-order valence-electron chi connectivity index (χ3n) is 2.09. The van der Waals surface area contributed by atoms with Gasteiger partial charge in [-0.2, -0.15) is 0 Å². The Labute approximate surface area is 112 Å². The van der Waals surface area contributed by atoms with Gasteiger partial charge < -0.3 is 9.84 Å². The number of carboxylic acid groups (broad SMARTS) is 1. The molecule has 0 fully saturated rings. The number of nitrogens with zero attached hydrogens (tertiary/aromatic N) is 3. The lowest BCUT2D eigenvalue weighted by atomic mass is 10.4. The Hall–Kier alpha value is -2.41. The van der Waals surface area contributed by atoms with Crippen LogP contribution in [0.5, 0.6) is 5.88 Å². The summed E-state index contributed by atoms with van der Waals surface area (Å²) in [6.45, 7) is 1.19. The van der Waals surface area contributed by atoms with Crippen LogP contribution in [0.1, 0.15) is 17.4 Å². The molecular formula is C11H8ClN3O4. The molecule has 0 aliphatic heterocycles. The van der Waals surface area contributed by atoms with Gasteiger partial charge in [0.2, 0.25) is 5.88 Å². The molecule has 0 amide bonds. The first-order valence-corrected chi connectivity index (χ1v) is 5.49. The minimum Gasteiger partial charge on any atom is -0.477 e. The summed E-state index contributed by atoms with van der Waals surface area (Å²) in [4.78, 5) is 25.9. The average Bonchev–Trinajstić information content (AvgIpc) is 2.72. The highest BCUT2D eigenvalue weighted by molar-refractivity contribution is 6.32. The van der Waals surface area contributed by atoms with Gasteiger partial charge in [-0.25, -0.2) is 14.5 Å². The highest BCUT2D eigenvalue weighted by atomic mass is 35.5. The fourth-order valence-corrected chi connectivity index (χ4v) is 1.61. The third kappa shape index (κ3) is 2.71. The molecule has 2 aromatic rings. The molecule has 0 aromatic carbocycles. The van der Waals surface area contributed by atoms with Gasteiger partial charge in [0, 0.05) is 19.2 Å². The number of rotatable bonds is 3. The number of aromatic carboxylic acids is 1. The van der Waals surface area contributed by atoms with Gasteiger partial charge in [-0.3, -0.25) is 4.79 Å². The van der Waals surface area contributed by atoms with Crippen molar-refractivity contribution in [3.63, 3.8) is 0 Å². The van der Waals surface area contributed by atoms with Crippen molar-refractivity contribution >= 4 is 23.5 Å². The fourth-order valence-electron chi connectivity index (χ4n) is 1.40. The Kier molecular flexibility index (Phi) is 3.48. The van der Waals surface area contributed by atoms with Crippen LogP contribution in [0.4, 0.5) is 0 Å². The molecule has 0 bridgehead atoms. The second-order valence-corrected chi connectivity index (χ2v) is 3.89. The Bertz CT molecular complexity index is 653. The molecule has 1 N–H and O–H groups in total. The zero-order valence-electron chi connectivity index (χ0n) is 9.70. The maximum Gasteiger partial charge on any atom is 0.354 e. The number of hydrogen-bond acceptors (Lipinski definition) is 5. The van der Waals surface area contributed by atoms with Gasteiger partial charge in [0.05, 0.1) is 5.02 Å². The molecule has 0 saturated carbocycles. The molecule has 0 radical (unpaired) electrons. The lowest BCUT2D eigenvalue weighted by molar-refractivity contribution is -0.132. The van der Waals surface area contributed by atoms with E-state index in [2.05, 4.69) is 10.1 Å². The van der Waals surface area contributed by atoms with Gasteiger partial charge in [-0.05, 0) is 12.1 Å². The first-order chi connectivity index (χ1) is 8.99. The van der Waals surface area contributed by atoms with Crippen LogP contribution in [0.3, 0.4) is 0 Å². The van der Waals surface area contributed by atoms with Crippen LogP contribution in [0.15, 0.2) is 24.4 Å². The SMILES string of the molecule is CC(=O)Oc1cc(C(=O)O)n(-c2ncccc2Cl)n1. The van der Waals surface area contributed by atoms with Crippen LogP contribution in [-0.2, 0) is 4.79 Å². The number of hydrogen-bond donors (Lipinski definition) is 1. The van der Waals surface area contributed by atoms with Crippen LogP contribution in [0, 0.1) is 0 Å². The van der Waals surface area contributed by atoms with E-state index in [0.29, 0.717) is 0 Å². The van der Waals surface area contributed by atoms with Gasteiger partial charge in [0.25, 0.3) is 0 Å². The molecular weight excluding hydrogens is 274 g/mol. The van der Waals surface area contributed by atoms with Crippen molar-refractivity contribution in [2.75, 3.05) is 0 Å². The predicted molar refractivity (Wildman–Crippen MR) is 64.6 cm³/mol. The fraction of sp³-hybridized carbons (Fsp3) is 0.0909. The number of pyridine rings is 1. The van der Waals surface area contributed by atoms with Crippen molar-refractivity contribution in [1.29, 1.82) is 0 Å². The summed E-state index contributed by atoms with van der Waals surface area (Å²) in [6, 6.07) is 4.26. The van der Waals surface area contributed by atoms with Crippen LogP contribution in [0.2, 0.25) is 5.02 Å². The molecule has 0 saturated heterocycles. The maximum absolute atomic E-state index is 11.1. The minimum absolute atomic E-state index is 0.133. The lowest BCUT2D eigenvalue weighted by Crippen LogP contribution is -2.10. The molecule has 2 aromatic heterocycles. The number of carbonyl (C=O) groups is 2. The van der Waals surface area contributed by atoms with Crippen molar-refractivity contribution in [2.45, 2.75) is 6.92 Å². The van der Waals surface area contributed by atoms with Crippen LogP contribution < -0.4 is 4.74 Å². The zero-order chi connectivity index (χ0) is 14.0. The Morgan fingerprint density at radius 2 is 2.21 bits per heavy atom. The van der Waals surface area contributed by atoms with Crippen LogP contribution >= 0.6 is 11.6 Å². The van der Waals surface area contributed by atoms with E-state index in [1.54, 1.807) is 12.1 Å². The first kappa shape index (κ1) is 13.0. The number of carbonyl (C=O) groups excluding carboxylic acids is 1. The molecule has 0 atom stereocenters. The number of ether oxygens (including phenoxy) is 1. The average molecular weight is 282 g/mol. The van der Waals surface area contributed by atoms with Gasteiger partial charge in [0.15, 0.2) is 11.5 Å². The summed E-state index contributed by atoms with van der Waals surface area (Å²) in [7, 11) is 0. The van der Waals surface area contributed by atoms with E-state index in [9.17, 15) is 9.59 Å². The van der Waals surface area contributed by atoms with Gasteiger partial charge in [-0.1, -0.05) is 11.6 Å². The summed E-state index contributed by atoms with van der Waals surface area (Å²) in [5.41, 5.74) is -0.211. The van der Waals surface area contributed by atoms with E-state index < -0.39 is 11.9 Å². The summed E-state index contributed by atoms with van der Waals surface area (Å²) in [5, 5.41) is 13.2. The monoisotopic (exact) mass is 281 g/mol. The Morgan fingerprint density at radius 1 is 1.47 bits per heavy atom. The van der Waals surface area contributed by atoms with E-state index in [4.69, 9.17) is 21.4 Å². The van der Waals surface area contributed by atoms with E-state index >= 15 is 0 Å². The standard InChI is InChI=1S/C11H8ClN3O4/c1-6(16)19-9-5-8(11(17)18)15(14-9)10-7(12)3-2-4-13-10/h2-5H,1H3,(H,17,18). The molecule has 2 rings (SSSR count). The molecule has 7 nitrogen and oxygen atoms in total. The number of esters is 1. The molecule has 0 spiro atoms. The smallest absolute Gasteiger partial charge is 0.354 e. The Balaban J connectivity index is 2.55. The van der Waals surface area contributed by atoms with E-state index in [1.165, 1.54) is 13.1 Å². The van der Waals surface area contributed by atoms with Crippen molar-refractivity contribution in [1.82, 2.24) is 14.8 Å².